The fraction of sp³-hybridized carbons (Fsp3) is 0.350. The Morgan fingerprint density at radius 2 is 1.89 bits per heavy atom. The van der Waals surface area contributed by atoms with Crippen molar-refractivity contribution in [2.75, 3.05) is 12.3 Å². The van der Waals surface area contributed by atoms with Crippen LogP contribution in [0.25, 0.3) is 11.2 Å². The third-order valence-electron chi connectivity index (χ3n) is 5.61. The first-order valence-corrected chi connectivity index (χ1v) is 11.3. The van der Waals surface area contributed by atoms with Crippen LogP contribution in [0.5, 0.6) is 0 Å². The van der Waals surface area contributed by atoms with Gasteiger partial charge < -0.3 is 30.5 Å². The molecule has 1 aliphatic heterocycles. The number of nitrogens with two attached hydrogens (primary N) is 1. The number of ether oxygens (including phenoxy) is 2. The van der Waals surface area contributed by atoms with Gasteiger partial charge in [-0.3, -0.25) is 4.57 Å². The molecule has 5 N–H and O–H groups in total. The van der Waals surface area contributed by atoms with Crippen molar-refractivity contribution in [3.63, 3.8) is 0 Å². The van der Waals surface area contributed by atoms with Crippen molar-refractivity contribution in [2.45, 2.75) is 36.6 Å². The highest BCUT2D eigenvalue weighted by Crippen LogP contribution is 2.35. The highest BCUT2D eigenvalue weighted by Gasteiger charge is 2.52. The lowest BCUT2D eigenvalue weighted by Gasteiger charge is -2.27. The molecule has 0 unspecified atom stereocenters. The van der Waals surface area contributed by atoms with Crippen molar-refractivity contribution in [3.05, 3.63) is 45.4 Å². The Hall–Kier alpha value is -2.81. The molecule has 12 nitrogen and oxygen atoms in total. The summed E-state index contributed by atoms with van der Waals surface area (Å²) >= 11 is 17.6. The number of alkyl halides is 1. The topological polar surface area (TPSA) is 183 Å². The number of fused-ring (bicyclic) bond motifs is 1. The quantitative estimate of drug-likeness (QED) is 0.232. The molecule has 1 aliphatic rings. The van der Waals surface area contributed by atoms with Gasteiger partial charge in [-0.25, -0.2) is 19.0 Å². The summed E-state index contributed by atoms with van der Waals surface area (Å²) < 4.78 is 27.0. The SMILES string of the molecule is Nc1nc(Cl)nc2c1ncn2[C@@H]1O[C@H](COC(Cc2ccc(Cl)c(Cl)c2)(C(=O)O)C(=O)O)[C@@H](O)[C@@H]1F. The predicted molar refractivity (Wildman–Crippen MR) is 124 cm³/mol. The minimum atomic E-state index is -2.80. The zero-order valence-corrected chi connectivity index (χ0v) is 20.2. The number of aliphatic hydroxyl groups excluding tert-OH is 1. The second kappa shape index (κ2) is 9.92. The molecule has 0 bridgehead atoms. The molecule has 1 fully saturated rings. The minimum Gasteiger partial charge on any atom is -0.479 e. The van der Waals surface area contributed by atoms with Crippen LogP contribution in [-0.2, 0) is 25.5 Å². The van der Waals surface area contributed by atoms with Crippen LogP contribution in [0.1, 0.15) is 11.8 Å². The van der Waals surface area contributed by atoms with Gasteiger partial charge in [0.2, 0.25) is 5.28 Å². The van der Waals surface area contributed by atoms with Gasteiger partial charge in [0.25, 0.3) is 5.60 Å². The van der Waals surface area contributed by atoms with Gasteiger partial charge in [0.15, 0.2) is 23.9 Å². The van der Waals surface area contributed by atoms with E-state index in [-0.39, 0.29) is 37.9 Å². The van der Waals surface area contributed by atoms with E-state index in [0.29, 0.717) is 0 Å². The Balaban J connectivity index is 1.58. The molecule has 1 aromatic carbocycles. The number of nitrogen functional groups attached to an aromatic ring is 1. The first-order chi connectivity index (χ1) is 16.9. The number of rotatable bonds is 8. The molecule has 4 atom stereocenters. The number of anilines is 1. The van der Waals surface area contributed by atoms with Gasteiger partial charge >= 0.3 is 11.9 Å². The van der Waals surface area contributed by atoms with E-state index >= 15 is 4.39 Å². The Labute approximate surface area is 216 Å². The molecule has 4 rings (SSSR count). The number of hydrogen-bond acceptors (Lipinski definition) is 9. The fourth-order valence-electron chi connectivity index (χ4n) is 3.74. The van der Waals surface area contributed by atoms with Crippen LogP contribution in [0, 0.1) is 0 Å². The number of halogens is 4. The number of benzene rings is 1. The summed E-state index contributed by atoms with van der Waals surface area (Å²) in [6.45, 7) is -0.789. The van der Waals surface area contributed by atoms with Crippen molar-refractivity contribution in [2.24, 2.45) is 0 Å². The van der Waals surface area contributed by atoms with Gasteiger partial charge in [0.1, 0.15) is 17.7 Å². The smallest absolute Gasteiger partial charge is 0.348 e. The van der Waals surface area contributed by atoms with Crippen LogP contribution < -0.4 is 5.73 Å². The summed E-state index contributed by atoms with van der Waals surface area (Å²) in [6.07, 6.45) is -6.30. The van der Waals surface area contributed by atoms with Crippen LogP contribution in [0.2, 0.25) is 15.3 Å². The number of carboxylic acid groups (broad SMARTS) is 2. The van der Waals surface area contributed by atoms with Gasteiger partial charge in [0, 0.05) is 6.42 Å². The predicted octanol–water partition coefficient (Wildman–Crippen LogP) is 2.13. The number of carbonyl (C=O) groups is 2. The van der Waals surface area contributed by atoms with E-state index in [1.54, 1.807) is 0 Å². The zero-order chi connectivity index (χ0) is 26.4. The number of hydrogen-bond donors (Lipinski definition) is 4. The average molecular weight is 565 g/mol. The summed E-state index contributed by atoms with van der Waals surface area (Å²) in [5.74, 6) is -3.72. The molecule has 0 aliphatic carbocycles. The number of carboxylic acids is 2. The molecule has 16 heteroatoms. The fourth-order valence-corrected chi connectivity index (χ4v) is 4.23. The third kappa shape index (κ3) is 4.65. The molecular formula is C20H17Cl3FN5O7. The summed E-state index contributed by atoms with van der Waals surface area (Å²) in [7, 11) is 0. The zero-order valence-electron chi connectivity index (χ0n) is 17.9. The van der Waals surface area contributed by atoms with E-state index in [9.17, 15) is 24.9 Å². The summed E-state index contributed by atoms with van der Waals surface area (Å²) in [4.78, 5) is 35.8. The Bertz CT molecular complexity index is 1330. The maximum Gasteiger partial charge on any atom is 0.348 e. The maximum atomic E-state index is 15.0. The van der Waals surface area contributed by atoms with E-state index in [1.165, 1.54) is 18.2 Å². The first kappa shape index (κ1) is 26.3. The highest BCUT2D eigenvalue weighted by atomic mass is 35.5. The maximum absolute atomic E-state index is 15.0. The molecule has 0 spiro atoms. The van der Waals surface area contributed by atoms with Crippen molar-refractivity contribution < 1.29 is 38.8 Å². The first-order valence-electron chi connectivity index (χ1n) is 10.1. The lowest BCUT2D eigenvalue weighted by atomic mass is 9.94. The Kier molecular flexibility index (Phi) is 7.23. The van der Waals surface area contributed by atoms with E-state index in [4.69, 9.17) is 50.0 Å². The minimum absolute atomic E-state index is 0.0268. The second-order valence-corrected chi connectivity index (χ2v) is 9.03. The van der Waals surface area contributed by atoms with Gasteiger partial charge in [-0.15, -0.1) is 0 Å². The second-order valence-electron chi connectivity index (χ2n) is 7.88. The average Bonchev–Trinajstić information content (AvgIpc) is 3.34. The molecule has 0 saturated carbocycles. The van der Waals surface area contributed by atoms with Gasteiger partial charge in [-0.1, -0.05) is 29.3 Å². The molecule has 192 valence electrons. The largest absolute Gasteiger partial charge is 0.479 e. The van der Waals surface area contributed by atoms with E-state index < -0.39 is 55.2 Å². The molecule has 36 heavy (non-hydrogen) atoms. The van der Waals surface area contributed by atoms with Gasteiger partial charge in [-0.2, -0.15) is 9.97 Å². The summed E-state index contributed by atoms with van der Waals surface area (Å²) in [5, 5.41) is 29.9. The number of nitrogens with zero attached hydrogens (tertiary/aromatic N) is 4. The molecule has 1 saturated heterocycles. The molecule has 0 amide bonds. The Morgan fingerprint density at radius 3 is 2.53 bits per heavy atom. The van der Waals surface area contributed by atoms with E-state index in [2.05, 4.69) is 15.0 Å². The molecular weight excluding hydrogens is 548 g/mol. The van der Waals surface area contributed by atoms with Crippen molar-refractivity contribution in [1.29, 1.82) is 0 Å². The molecule has 3 heterocycles. The van der Waals surface area contributed by atoms with Crippen LogP contribution >= 0.6 is 34.8 Å². The lowest BCUT2D eigenvalue weighted by Crippen LogP contribution is -2.52. The van der Waals surface area contributed by atoms with Crippen molar-refractivity contribution >= 4 is 63.7 Å². The highest BCUT2D eigenvalue weighted by molar-refractivity contribution is 6.42. The monoisotopic (exact) mass is 563 g/mol. The normalized spacial score (nSPS) is 22.2. The van der Waals surface area contributed by atoms with Crippen LogP contribution in [0.3, 0.4) is 0 Å². The number of aliphatic hydroxyl groups is 1. The van der Waals surface area contributed by atoms with Crippen molar-refractivity contribution in [1.82, 2.24) is 19.5 Å². The lowest BCUT2D eigenvalue weighted by molar-refractivity contribution is -0.190. The van der Waals surface area contributed by atoms with Crippen molar-refractivity contribution in [3.8, 4) is 0 Å². The van der Waals surface area contributed by atoms with E-state index in [0.717, 1.165) is 10.9 Å². The van der Waals surface area contributed by atoms with Gasteiger partial charge in [0.05, 0.1) is 23.0 Å². The van der Waals surface area contributed by atoms with Crippen LogP contribution in [0.15, 0.2) is 24.5 Å². The number of aromatic nitrogens is 4. The third-order valence-corrected chi connectivity index (χ3v) is 6.52. The molecule has 2 aromatic heterocycles. The molecule has 3 aromatic rings. The number of aliphatic carboxylic acids is 2. The standard InChI is InChI=1S/C20H17Cl3FN5O7/c21-8-2-1-7(3-9(8)22)4-20(17(31)32,18(33)34)35-5-10-13(30)11(24)16(36-10)29-6-26-12-14(25)27-19(23)28-15(12)29/h1-3,6,10-11,13,16,30H,4-5H2,(H,31,32)(H,33,34)(H2,25,27,28)/t10-,11+,13-,16-/m1/s1. The summed E-state index contributed by atoms with van der Waals surface area (Å²) in [5.41, 5.74) is 3.28. The van der Waals surface area contributed by atoms with E-state index in [1.807, 2.05) is 0 Å². The van der Waals surface area contributed by atoms with Crippen LogP contribution in [0.4, 0.5) is 10.2 Å². The van der Waals surface area contributed by atoms with Crippen LogP contribution in [-0.4, -0.2) is 77.4 Å². The summed E-state index contributed by atoms with van der Waals surface area (Å²) in [6, 6.07) is 4.05. The number of imidazole rings is 1. The van der Waals surface area contributed by atoms with Gasteiger partial charge in [-0.05, 0) is 29.3 Å². The molecule has 0 radical (unpaired) electrons. The Morgan fingerprint density at radius 1 is 1.19 bits per heavy atom.